The molecule has 0 spiro atoms. The zero-order valence-electron chi connectivity index (χ0n) is 44.9. The first-order chi connectivity index (χ1) is 37.8. The first kappa shape index (κ1) is 59.5. The van der Waals surface area contributed by atoms with E-state index in [1.165, 1.54) is 31.5 Å². The summed E-state index contributed by atoms with van der Waals surface area (Å²) in [5, 5.41) is 21.2. The molecule has 4 amide bonds. The number of nitrogens with zero attached hydrogens (tertiary/aromatic N) is 7. The number of likely N-dealkylation sites (N-methyl/N-ethyl adjacent to an activating group) is 1. The summed E-state index contributed by atoms with van der Waals surface area (Å²) in [5.74, 6) is 0.742. The van der Waals surface area contributed by atoms with Gasteiger partial charge in [0.25, 0.3) is 5.91 Å². The van der Waals surface area contributed by atoms with Crippen LogP contribution < -0.4 is 25.4 Å². The number of piperazine rings is 1. The van der Waals surface area contributed by atoms with Gasteiger partial charge in [-0.1, -0.05) is 43.0 Å². The number of ketones is 1. The Balaban J connectivity index is 0.719. The lowest BCUT2D eigenvalue weighted by Gasteiger charge is -2.35. The highest BCUT2D eigenvalue weighted by atomic mass is 35.5. The molecule has 3 atom stereocenters. The molecule has 424 valence electrons. The van der Waals surface area contributed by atoms with E-state index in [0.717, 1.165) is 63.1 Å². The molecule has 1 aliphatic carbocycles. The summed E-state index contributed by atoms with van der Waals surface area (Å²) in [7, 11) is 4.60. The fraction of sp³-hybridized carbons (Fsp3) is 0.556. The molecule has 2 aromatic carbocycles. The molecule has 3 fully saturated rings. The van der Waals surface area contributed by atoms with E-state index in [1.807, 2.05) is 4.90 Å². The summed E-state index contributed by atoms with van der Waals surface area (Å²) >= 11 is 7.44. The van der Waals surface area contributed by atoms with E-state index in [0.29, 0.717) is 129 Å². The number of carbonyl (C=O) groups excluding carboxylic acids is 4. The molecule has 2 unspecified atom stereocenters. The summed E-state index contributed by atoms with van der Waals surface area (Å²) in [6.45, 7) is 9.13. The van der Waals surface area contributed by atoms with Crippen molar-refractivity contribution in [2.45, 2.75) is 70.0 Å². The average molecular weight is 1120 g/mol. The van der Waals surface area contributed by atoms with E-state index in [4.69, 9.17) is 45.0 Å². The van der Waals surface area contributed by atoms with Crippen LogP contribution in [0.15, 0.2) is 54.0 Å². The van der Waals surface area contributed by atoms with Crippen LogP contribution in [-0.4, -0.2) is 201 Å². The molecule has 0 radical (unpaired) electrons. The molecule has 24 heteroatoms. The van der Waals surface area contributed by atoms with Gasteiger partial charge in [0.05, 0.1) is 77.9 Å². The summed E-state index contributed by atoms with van der Waals surface area (Å²) in [4.78, 5) is 86.3. The number of anilines is 3. The fourth-order valence-corrected chi connectivity index (χ4v) is 10.7. The van der Waals surface area contributed by atoms with E-state index in [9.17, 15) is 29.1 Å². The number of hydrogen-bond donors (Lipinski definition) is 4. The number of amides is 4. The standard InChI is InChI=1S/C54H73ClN10O12S/c1-36(62(3)54(70)71)49(67)60-46(37-10-6-5-7-11-37)52(69)65-17-9-14-44(65)50-58-43(35-78-50)47(66)38-12-8-13-40(32-38)77-31-30-76-29-28-75-27-26-74-25-24-73-23-22-63-18-20-64(21-19-63)51(68)39-15-16-42(45(33-39)72-4)59-53-57-34-41(55)48(56-2)61-53/h8,12-13,15-16,32-37,44,46H,5-7,9-11,14,17-31H2,1-4H3,(H,60,67)(H,70,71)(H2,56,57,59,61)/t36?,44-,46?/m0/s1. The average Bonchev–Trinajstić information content (AvgIpc) is 4.20. The topological polar surface area (TPSA) is 249 Å². The molecule has 0 bridgehead atoms. The molecular weight excluding hydrogens is 1050 g/mol. The van der Waals surface area contributed by atoms with Crippen molar-refractivity contribution in [3.05, 3.63) is 80.9 Å². The van der Waals surface area contributed by atoms with Crippen LogP contribution in [0, 0.1) is 5.92 Å². The number of hydrogen-bond acceptors (Lipinski definition) is 18. The monoisotopic (exact) mass is 1120 g/mol. The third-order valence-corrected chi connectivity index (χ3v) is 15.3. The van der Waals surface area contributed by atoms with E-state index in [1.54, 1.807) is 66.9 Å². The molecule has 4 heterocycles. The highest BCUT2D eigenvalue weighted by Gasteiger charge is 2.41. The van der Waals surface area contributed by atoms with Crippen LogP contribution in [0.1, 0.15) is 89.3 Å². The predicted molar refractivity (Wildman–Crippen MR) is 293 cm³/mol. The van der Waals surface area contributed by atoms with Gasteiger partial charge in [0, 0.05) is 69.9 Å². The van der Waals surface area contributed by atoms with Crippen molar-refractivity contribution in [2.24, 2.45) is 5.92 Å². The van der Waals surface area contributed by atoms with Gasteiger partial charge in [-0.25, -0.2) is 14.8 Å². The van der Waals surface area contributed by atoms with Gasteiger partial charge in [-0.15, -0.1) is 11.3 Å². The third-order valence-electron chi connectivity index (χ3n) is 14.1. The van der Waals surface area contributed by atoms with Crippen molar-refractivity contribution in [2.75, 3.05) is 131 Å². The van der Waals surface area contributed by atoms with Crippen molar-refractivity contribution in [1.29, 1.82) is 0 Å². The minimum Gasteiger partial charge on any atom is -0.495 e. The number of likely N-dealkylation sites (tertiary alicyclic amines) is 1. The number of nitrogens with one attached hydrogen (secondary N) is 3. The summed E-state index contributed by atoms with van der Waals surface area (Å²) < 4.78 is 34.2. The number of halogens is 1. The maximum absolute atomic E-state index is 14.3. The number of aromatic nitrogens is 3. The predicted octanol–water partition coefficient (Wildman–Crippen LogP) is 6.24. The molecule has 2 aromatic heterocycles. The Morgan fingerprint density at radius 2 is 1.53 bits per heavy atom. The maximum atomic E-state index is 14.3. The molecule has 4 N–H and O–H groups in total. The summed E-state index contributed by atoms with van der Waals surface area (Å²) in [5.41, 5.74) is 1.84. The van der Waals surface area contributed by atoms with Gasteiger partial charge >= 0.3 is 6.09 Å². The van der Waals surface area contributed by atoms with Crippen LogP contribution in [0.4, 0.5) is 22.2 Å². The number of thiazole rings is 1. The highest BCUT2D eigenvalue weighted by Crippen LogP contribution is 2.37. The van der Waals surface area contributed by atoms with E-state index in [-0.39, 0.29) is 41.9 Å². The number of ether oxygens (including phenoxy) is 6. The summed E-state index contributed by atoms with van der Waals surface area (Å²) in [6.07, 6.45) is 6.28. The van der Waals surface area contributed by atoms with Gasteiger partial charge in [0.15, 0.2) is 0 Å². The maximum Gasteiger partial charge on any atom is 0.407 e. The number of carboxylic acid groups (broad SMARTS) is 1. The Morgan fingerprint density at radius 1 is 0.833 bits per heavy atom. The van der Waals surface area contributed by atoms with E-state index >= 15 is 0 Å². The zero-order chi connectivity index (χ0) is 55.4. The van der Waals surface area contributed by atoms with E-state index in [2.05, 4.69) is 30.8 Å². The fourth-order valence-electron chi connectivity index (χ4n) is 9.53. The Kier molecular flexibility index (Phi) is 23.0. The van der Waals surface area contributed by atoms with E-state index < -0.39 is 24.1 Å². The number of methoxy groups -OCH3 is 1. The molecule has 22 nitrogen and oxygen atoms in total. The molecule has 1 saturated carbocycles. The number of rotatable bonds is 29. The Bertz CT molecular complexity index is 2620. The van der Waals surface area contributed by atoms with Gasteiger partial charge in [-0.2, -0.15) is 4.98 Å². The van der Waals surface area contributed by atoms with Gasteiger partial charge < -0.3 is 59.3 Å². The highest BCUT2D eigenvalue weighted by molar-refractivity contribution is 7.10. The Hall–Kier alpha value is -6.21. The van der Waals surface area contributed by atoms with Crippen LogP contribution in [0.2, 0.25) is 5.02 Å². The van der Waals surface area contributed by atoms with Crippen molar-refractivity contribution < 1.29 is 57.5 Å². The molecular formula is C54H73ClN10O12S. The second kappa shape index (κ2) is 30.2. The third kappa shape index (κ3) is 16.7. The lowest BCUT2D eigenvalue weighted by atomic mass is 9.83. The number of benzene rings is 2. The quantitative estimate of drug-likeness (QED) is 0.0347. The Labute approximate surface area is 464 Å². The molecule has 2 saturated heterocycles. The molecule has 3 aliphatic rings. The smallest absolute Gasteiger partial charge is 0.407 e. The van der Waals surface area contributed by atoms with Crippen molar-refractivity contribution in [3.63, 3.8) is 0 Å². The molecule has 78 heavy (non-hydrogen) atoms. The van der Waals surface area contributed by atoms with Gasteiger partial charge in [0.2, 0.25) is 23.5 Å². The van der Waals surface area contributed by atoms with Crippen molar-refractivity contribution in [1.82, 2.24) is 39.9 Å². The molecule has 2 aliphatic heterocycles. The van der Waals surface area contributed by atoms with Gasteiger partial charge in [-0.05, 0) is 68.9 Å². The second-order valence-corrected chi connectivity index (χ2v) is 20.5. The zero-order valence-corrected chi connectivity index (χ0v) is 46.5. The van der Waals surface area contributed by atoms with Crippen molar-refractivity contribution >= 4 is 70.0 Å². The first-order valence-corrected chi connectivity index (χ1v) is 27.9. The van der Waals surface area contributed by atoms with Gasteiger partial charge in [0.1, 0.15) is 51.7 Å². The Morgan fingerprint density at radius 3 is 2.21 bits per heavy atom. The van der Waals surface area contributed by atoms with Crippen LogP contribution >= 0.6 is 22.9 Å². The van der Waals surface area contributed by atoms with Crippen LogP contribution in [-0.2, 0) is 28.5 Å². The SMILES string of the molecule is CNc1nc(Nc2ccc(C(=O)N3CCN(CCOCCOCCOCCOCCOc4cccc(C(=O)c5csc([C@@H]6CCCN6C(=O)C(NC(=O)C(C)N(C)C(=O)O)C6CCCCC6)n5)c4)CC3)cc2OC)ncc1Cl. The number of carbonyl (C=O) groups is 5. The first-order valence-electron chi connectivity index (χ1n) is 26.6. The largest absolute Gasteiger partial charge is 0.495 e. The lowest BCUT2D eigenvalue weighted by molar-refractivity contribution is -0.140. The minimum absolute atomic E-state index is 0.0565. The second-order valence-electron chi connectivity index (χ2n) is 19.2. The van der Waals surface area contributed by atoms with Crippen LogP contribution in [0.3, 0.4) is 0 Å². The summed E-state index contributed by atoms with van der Waals surface area (Å²) in [6, 6.07) is 10.1. The lowest BCUT2D eigenvalue weighted by Crippen LogP contribution is -2.56. The van der Waals surface area contributed by atoms with Crippen molar-refractivity contribution in [3.8, 4) is 11.5 Å². The van der Waals surface area contributed by atoms with Crippen LogP contribution in [0.25, 0.3) is 0 Å². The minimum atomic E-state index is -1.23. The molecule has 7 rings (SSSR count). The molecule has 4 aromatic rings. The van der Waals surface area contributed by atoms with Gasteiger partial charge in [-0.3, -0.25) is 29.0 Å². The normalized spacial score (nSPS) is 16.8. The van der Waals surface area contributed by atoms with Crippen LogP contribution in [0.5, 0.6) is 11.5 Å².